The van der Waals surface area contributed by atoms with E-state index >= 15 is 0 Å². The molecule has 0 fully saturated rings. The van der Waals surface area contributed by atoms with Gasteiger partial charge < -0.3 is 10.6 Å². The van der Waals surface area contributed by atoms with Gasteiger partial charge in [-0.15, -0.1) is 0 Å². The van der Waals surface area contributed by atoms with Crippen molar-refractivity contribution in [3.63, 3.8) is 0 Å². The van der Waals surface area contributed by atoms with Crippen LogP contribution in [0.5, 0.6) is 0 Å². The Morgan fingerprint density at radius 2 is 1.76 bits per heavy atom. The van der Waals surface area contributed by atoms with E-state index in [1.54, 1.807) is 0 Å². The lowest BCUT2D eigenvalue weighted by molar-refractivity contribution is -0.0435. The minimum atomic E-state index is -5.39. The van der Waals surface area contributed by atoms with Crippen LogP contribution in [0.3, 0.4) is 0 Å². The van der Waals surface area contributed by atoms with E-state index in [1.165, 1.54) is 23.8 Å². The highest BCUT2D eigenvalue weighted by atomic mass is 32.2. The molecule has 0 amide bonds. The summed E-state index contributed by atoms with van der Waals surface area (Å²) >= 11 is 0. The van der Waals surface area contributed by atoms with Gasteiger partial charge in [0.25, 0.3) is 9.84 Å². The van der Waals surface area contributed by atoms with Crippen LogP contribution in [0.2, 0.25) is 0 Å². The average Bonchev–Trinajstić information content (AvgIpc) is 2.59. The standard InChI is InChI=1S/C17H17F3N2O2S/c18-17(19,20)25(23,24)16-8-4-3-7-15(16)21-11-13-10-9-12-5-1-2-6-14(12)22-13/h1-8,13,21-22H,9-11H2/t13-/m1/s1. The number of hydrogen-bond donors (Lipinski definition) is 2. The highest BCUT2D eigenvalue weighted by Crippen LogP contribution is 2.34. The molecular formula is C17H17F3N2O2S. The van der Waals surface area contributed by atoms with Crippen molar-refractivity contribution >= 4 is 21.2 Å². The minimum absolute atomic E-state index is 0.00320. The van der Waals surface area contributed by atoms with Gasteiger partial charge in [0.1, 0.15) is 0 Å². The van der Waals surface area contributed by atoms with Gasteiger partial charge in [-0.2, -0.15) is 13.2 Å². The quantitative estimate of drug-likeness (QED) is 0.859. The third-order valence-electron chi connectivity index (χ3n) is 4.16. The number of rotatable bonds is 4. The summed E-state index contributed by atoms with van der Waals surface area (Å²) in [5, 5.41) is 6.17. The van der Waals surface area contributed by atoms with Crippen molar-refractivity contribution in [1.82, 2.24) is 0 Å². The summed E-state index contributed by atoms with van der Waals surface area (Å²) in [4.78, 5) is -0.751. The Balaban J connectivity index is 1.75. The van der Waals surface area contributed by atoms with Crippen LogP contribution in [0, 0.1) is 0 Å². The molecule has 8 heteroatoms. The zero-order valence-corrected chi connectivity index (χ0v) is 14.0. The molecule has 0 spiro atoms. The molecular weight excluding hydrogens is 353 g/mol. The Morgan fingerprint density at radius 3 is 2.52 bits per heavy atom. The minimum Gasteiger partial charge on any atom is -0.382 e. The van der Waals surface area contributed by atoms with Crippen LogP contribution in [0.15, 0.2) is 53.4 Å². The monoisotopic (exact) mass is 370 g/mol. The van der Waals surface area contributed by atoms with Gasteiger partial charge in [0.2, 0.25) is 0 Å². The average molecular weight is 370 g/mol. The number of alkyl halides is 3. The summed E-state index contributed by atoms with van der Waals surface area (Å²) in [6, 6.07) is 12.9. The molecule has 0 saturated carbocycles. The maximum atomic E-state index is 12.8. The fourth-order valence-electron chi connectivity index (χ4n) is 2.86. The molecule has 1 atom stereocenters. The van der Waals surface area contributed by atoms with E-state index in [1.807, 2.05) is 24.3 Å². The molecule has 134 valence electrons. The first-order chi connectivity index (χ1) is 11.8. The van der Waals surface area contributed by atoms with Gasteiger partial charge in [-0.05, 0) is 36.6 Å². The first kappa shape index (κ1) is 17.6. The molecule has 3 rings (SSSR count). The maximum Gasteiger partial charge on any atom is 0.501 e. The van der Waals surface area contributed by atoms with Gasteiger partial charge in [-0.1, -0.05) is 30.3 Å². The van der Waals surface area contributed by atoms with Crippen molar-refractivity contribution in [2.45, 2.75) is 29.3 Å². The largest absolute Gasteiger partial charge is 0.501 e. The van der Waals surface area contributed by atoms with Crippen LogP contribution in [-0.4, -0.2) is 26.5 Å². The van der Waals surface area contributed by atoms with Gasteiger partial charge in [-0.3, -0.25) is 0 Å². The zero-order chi connectivity index (χ0) is 18.1. The normalized spacial score (nSPS) is 17.5. The lowest BCUT2D eigenvalue weighted by Gasteiger charge is -2.27. The molecule has 2 N–H and O–H groups in total. The zero-order valence-electron chi connectivity index (χ0n) is 13.2. The number of halogens is 3. The number of fused-ring (bicyclic) bond motifs is 1. The van der Waals surface area contributed by atoms with Gasteiger partial charge in [0.15, 0.2) is 0 Å². The Morgan fingerprint density at radius 1 is 1.08 bits per heavy atom. The molecule has 0 unspecified atom stereocenters. The first-order valence-corrected chi connectivity index (χ1v) is 9.26. The molecule has 0 saturated heterocycles. The van der Waals surface area contributed by atoms with E-state index in [-0.39, 0.29) is 11.7 Å². The summed E-state index contributed by atoms with van der Waals surface area (Å²) in [5.74, 6) is 0. The predicted molar refractivity (Wildman–Crippen MR) is 90.3 cm³/mol. The molecule has 4 nitrogen and oxygen atoms in total. The summed E-state index contributed by atoms with van der Waals surface area (Å²) in [6.45, 7) is 0.318. The molecule has 1 aliphatic rings. The third kappa shape index (κ3) is 3.58. The van der Waals surface area contributed by atoms with E-state index in [2.05, 4.69) is 10.6 Å². The van der Waals surface area contributed by atoms with Crippen LogP contribution in [0.1, 0.15) is 12.0 Å². The molecule has 0 bridgehead atoms. The summed E-state index contributed by atoms with van der Waals surface area (Å²) < 4.78 is 61.9. The molecule has 25 heavy (non-hydrogen) atoms. The van der Waals surface area contributed by atoms with Crippen molar-refractivity contribution in [2.24, 2.45) is 0 Å². The third-order valence-corrected chi connectivity index (χ3v) is 5.70. The number of aryl methyl sites for hydroxylation is 1. The van der Waals surface area contributed by atoms with Crippen molar-refractivity contribution in [3.05, 3.63) is 54.1 Å². The lowest BCUT2D eigenvalue weighted by atomic mass is 9.98. The Kier molecular flexibility index (Phi) is 4.64. The summed E-state index contributed by atoms with van der Waals surface area (Å²) in [6.07, 6.45) is 1.66. The predicted octanol–water partition coefficient (Wildman–Crippen LogP) is 3.82. The number of benzene rings is 2. The number of nitrogens with one attached hydrogen (secondary N) is 2. The van der Waals surface area contributed by atoms with E-state index in [0.29, 0.717) is 6.54 Å². The van der Waals surface area contributed by atoms with Crippen molar-refractivity contribution in [2.75, 3.05) is 17.2 Å². The molecule has 1 heterocycles. The highest BCUT2D eigenvalue weighted by Gasteiger charge is 2.47. The van der Waals surface area contributed by atoms with Gasteiger partial charge >= 0.3 is 5.51 Å². The van der Waals surface area contributed by atoms with Crippen LogP contribution in [0.4, 0.5) is 24.5 Å². The Labute approximate surface area is 144 Å². The topological polar surface area (TPSA) is 58.2 Å². The highest BCUT2D eigenvalue weighted by molar-refractivity contribution is 7.92. The second-order valence-corrected chi connectivity index (χ2v) is 7.77. The summed E-state index contributed by atoms with van der Waals surface area (Å²) in [7, 11) is -5.39. The van der Waals surface area contributed by atoms with Gasteiger partial charge in [0.05, 0.1) is 10.6 Å². The second kappa shape index (κ2) is 6.59. The van der Waals surface area contributed by atoms with E-state index in [4.69, 9.17) is 0 Å². The fraction of sp³-hybridized carbons (Fsp3) is 0.294. The Hall–Kier alpha value is -2.22. The van der Waals surface area contributed by atoms with E-state index in [0.717, 1.165) is 24.6 Å². The molecule has 0 aromatic heterocycles. The van der Waals surface area contributed by atoms with Crippen molar-refractivity contribution < 1.29 is 21.6 Å². The SMILES string of the molecule is O=S(=O)(c1ccccc1NC[C@H]1CCc2ccccc2N1)C(F)(F)F. The fourth-order valence-corrected chi connectivity index (χ4v) is 3.80. The number of anilines is 2. The van der Waals surface area contributed by atoms with E-state index in [9.17, 15) is 21.6 Å². The first-order valence-electron chi connectivity index (χ1n) is 7.78. The van der Waals surface area contributed by atoms with Crippen LogP contribution >= 0.6 is 0 Å². The summed E-state index contributed by atoms with van der Waals surface area (Å²) in [5.41, 5.74) is -3.18. The van der Waals surface area contributed by atoms with E-state index < -0.39 is 20.2 Å². The lowest BCUT2D eigenvalue weighted by Crippen LogP contribution is -2.33. The molecule has 2 aromatic rings. The number of sulfone groups is 1. The second-order valence-electron chi connectivity index (χ2n) is 5.86. The molecule has 1 aliphatic heterocycles. The maximum absolute atomic E-state index is 12.8. The molecule has 2 aromatic carbocycles. The van der Waals surface area contributed by atoms with Gasteiger partial charge in [-0.25, -0.2) is 8.42 Å². The van der Waals surface area contributed by atoms with Crippen LogP contribution < -0.4 is 10.6 Å². The molecule has 0 aliphatic carbocycles. The number of para-hydroxylation sites is 2. The van der Waals surface area contributed by atoms with Crippen molar-refractivity contribution in [3.8, 4) is 0 Å². The van der Waals surface area contributed by atoms with Crippen LogP contribution in [-0.2, 0) is 16.3 Å². The molecule has 0 radical (unpaired) electrons. The van der Waals surface area contributed by atoms with Crippen molar-refractivity contribution in [1.29, 1.82) is 0 Å². The number of hydrogen-bond acceptors (Lipinski definition) is 4. The van der Waals surface area contributed by atoms with Crippen LogP contribution in [0.25, 0.3) is 0 Å². The van der Waals surface area contributed by atoms with Gasteiger partial charge in [0, 0.05) is 18.3 Å². The Bertz CT molecular complexity index is 866. The smallest absolute Gasteiger partial charge is 0.382 e.